The molecule has 0 unspecified atom stereocenters. The number of hydrogen-bond donors (Lipinski definition) is 1. The van der Waals surface area contributed by atoms with E-state index in [1.54, 1.807) is 24.3 Å². The molecule has 0 saturated heterocycles. The first kappa shape index (κ1) is 9.90. The maximum absolute atomic E-state index is 12.6. The van der Waals surface area contributed by atoms with Crippen LogP contribution in [0.2, 0.25) is 0 Å². The minimum atomic E-state index is -0.777. The molecule has 3 heteroatoms. The summed E-state index contributed by atoms with van der Waals surface area (Å²) in [6, 6.07) is 5.98. The van der Waals surface area contributed by atoms with E-state index in [9.17, 15) is 9.18 Å². The van der Waals surface area contributed by atoms with E-state index < -0.39 is 11.4 Å². The van der Waals surface area contributed by atoms with Crippen molar-refractivity contribution in [3.05, 3.63) is 41.7 Å². The Morgan fingerprint density at radius 1 is 1.33 bits per heavy atom. The zero-order valence-electron chi connectivity index (χ0n) is 8.11. The lowest BCUT2D eigenvalue weighted by molar-refractivity contribution is -0.141. The molecule has 0 heterocycles. The Morgan fingerprint density at radius 2 is 1.93 bits per heavy atom. The average molecular weight is 206 g/mol. The number of rotatable bonds is 3. The molecule has 1 fully saturated rings. The molecule has 2 nitrogen and oxygen atoms in total. The van der Waals surface area contributed by atoms with Gasteiger partial charge in [-0.15, -0.1) is 0 Å². The molecule has 1 saturated carbocycles. The second kappa shape index (κ2) is 3.50. The molecule has 0 spiro atoms. The first-order chi connectivity index (χ1) is 7.12. The van der Waals surface area contributed by atoms with Crippen LogP contribution in [0.3, 0.4) is 0 Å². The van der Waals surface area contributed by atoms with Crippen LogP contribution < -0.4 is 0 Å². The van der Waals surface area contributed by atoms with Gasteiger partial charge in [0, 0.05) is 0 Å². The Kier molecular flexibility index (Phi) is 2.31. The maximum atomic E-state index is 12.6. The lowest BCUT2D eigenvalue weighted by Gasteiger charge is -2.01. The van der Waals surface area contributed by atoms with Crippen LogP contribution in [0.4, 0.5) is 4.39 Å². The van der Waals surface area contributed by atoms with Gasteiger partial charge in [-0.25, -0.2) is 4.39 Å². The van der Waals surface area contributed by atoms with Crippen LogP contribution in [0, 0.1) is 11.2 Å². The van der Waals surface area contributed by atoms with Gasteiger partial charge in [0.25, 0.3) is 0 Å². The Morgan fingerprint density at radius 3 is 2.40 bits per heavy atom. The summed E-state index contributed by atoms with van der Waals surface area (Å²) in [5.74, 6) is -1.06. The second-order valence-electron chi connectivity index (χ2n) is 3.85. The lowest BCUT2D eigenvalue weighted by atomic mass is 10.1. The number of carboxylic acids is 1. The zero-order chi connectivity index (χ0) is 10.9. The molecule has 0 aliphatic heterocycles. The topological polar surface area (TPSA) is 37.3 Å². The fourth-order valence-electron chi connectivity index (χ4n) is 1.42. The molecule has 1 aliphatic carbocycles. The van der Waals surface area contributed by atoms with Crippen molar-refractivity contribution in [3.8, 4) is 0 Å². The Bertz CT molecular complexity index is 402. The molecular formula is C12H11FO2. The number of benzene rings is 1. The van der Waals surface area contributed by atoms with E-state index in [-0.39, 0.29) is 5.82 Å². The highest BCUT2D eigenvalue weighted by molar-refractivity contribution is 5.81. The molecular weight excluding hydrogens is 195 g/mol. The Labute approximate surface area is 87.0 Å². The van der Waals surface area contributed by atoms with Crippen LogP contribution in [0.25, 0.3) is 6.08 Å². The van der Waals surface area contributed by atoms with Crippen LogP contribution in [-0.4, -0.2) is 11.1 Å². The van der Waals surface area contributed by atoms with Crippen molar-refractivity contribution in [1.82, 2.24) is 0 Å². The van der Waals surface area contributed by atoms with E-state index in [2.05, 4.69) is 0 Å². The van der Waals surface area contributed by atoms with E-state index in [1.807, 2.05) is 0 Å². The quantitative estimate of drug-likeness (QED) is 0.825. The molecule has 1 aromatic carbocycles. The van der Waals surface area contributed by atoms with Crippen molar-refractivity contribution >= 4 is 12.0 Å². The van der Waals surface area contributed by atoms with E-state index in [4.69, 9.17) is 5.11 Å². The molecule has 2 rings (SSSR count). The standard InChI is InChI=1S/C12H11FO2/c13-10-3-1-9(2-4-10)5-6-12(7-8-12)11(14)15/h1-6H,7-8H2,(H,14,15)/b6-5+. The average Bonchev–Trinajstić information content (AvgIpc) is 2.98. The predicted octanol–water partition coefficient (Wildman–Crippen LogP) is 2.70. The lowest BCUT2D eigenvalue weighted by Crippen LogP contribution is -2.10. The van der Waals surface area contributed by atoms with Crippen LogP contribution in [0.1, 0.15) is 18.4 Å². The molecule has 78 valence electrons. The van der Waals surface area contributed by atoms with Crippen molar-refractivity contribution in [2.45, 2.75) is 12.8 Å². The van der Waals surface area contributed by atoms with Gasteiger partial charge in [-0.1, -0.05) is 24.3 Å². The zero-order valence-corrected chi connectivity index (χ0v) is 8.11. The van der Waals surface area contributed by atoms with E-state index in [0.29, 0.717) is 12.8 Å². The summed E-state index contributed by atoms with van der Waals surface area (Å²) in [6.07, 6.45) is 4.82. The van der Waals surface area contributed by atoms with Gasteiger partial charge in [-0.2, -0.15) is 0 Å². The number of hydrogen-bond acceptors (Lipinski definition) is 1. The second-order valence-corrected chi connectivity index (χ2v) is 3.85. The first-order valence-corrected chi connectivity index (χ1v) is 4.81. The van der Waals surface area contributed by atoms with Gasteiger partial charge < -0.3 is 5.11 Å². The molecule has 0 radical (unpaired) electrons. The van der Waals surface area contributed by atoms with E-state index >= 15 is 0 Å². The Balaban J connectivity index is 2.12. The van der Waals surface area contributed by atoms with Gasteiger partial charge >= 0.3 is 5.97 Å². The summed E-state index contributed by atoms with van der Waals surface area (Å²) in [4.78, 5) is 10.8. The van der Waals surface area contributed by atoms with E-state index in [0.717, 1.165) is 5.56 Å². The van der Waals surface area contributed by atoms with Crippen molar-refractivity contribution in [2.24, 2.45) is 5.41 Å². The SMILES string of the molecule is O=C(O)C1(/C=C/c2ccc(F)cc2)CC1. The van der Waals surface area contributed by atoms with Crippen molar-refractivity contribution in [2.75, 3.05) is 0 Å². The highest BCUT2D eigenvalue weighted by atomic mass is 19.1. The summed E-state index contributed by atoms with van der Waals surface area (Å²) in [5.41, 5.74) is 0.165. The smallest absolute Gasteiger partial charge is 0.313 e. The molecule has 1 N–H and O–H groups in total. The highest BCUT2D eigenvalue weighted by Crippen LogP contribution is 2.47. The minimum absolute atomic E-state index is 0.286. The Hall–Kier alpha value is -1.64. The van der Waals surface area contributed by atoms with Gasteiger partial charge in [0.2, 0.25) is 0 Å². The third-order valence-corrected chi connectivity index (χ3v) is 2.68. The third kappa shape index (κ3) is 2.06. The molecule has 0 aromatic heterocycles. The van der Waals surface area contributed by atoms with Crippen LogP contribution in [-0.2, 0) is 4.79 Å². The maximum Gasteiger partial charge on any atom is 0.313 e. The number of carboxylic acid groups (broad SMARTS) is 1. The molecule has 1 aromatic rings. The molecule has 0 bridgehead atoms. The third-order valence-electron chi connectivity index (χ3n) is 2.68. The molecule has 0 amide bonds. The minimum Gasteiger partial charge on any atom is -0.481 e. The van der Waals surface area contributed by atoms with Crippen molar-refractivity contribution < 1.29 is 14.3 Å². The first-order valence-electron chi connectivity index (χ1n) is 4.81. The van der Waals surface area contributed by atoms with Gasteiger partial charge in [-0.3, -0.25) is 4.79 Å². The largest absolute Gasteiger partial charge is 0.481 e. The van der Waals surface area contributed by atoms with Gasteiger partial charge in [0.15, 0.2) is 0 Å². The fraction of sp³-hybridized carbons (Fsp3) is 0.250. The van der Waals surface area contributed by atoms with Crippen molar-refractivity contribution in [1.29, 1.82) is 0 Å². The van der Waals surface area contributed by atoms with E-state index in [1.165, 1.54) is 12.1 Å². The normalized spacial score (nSPS) is 17.9. The summed E-state index contributed by atoms with van der Waals surface area (Å²) >= 11 is 0. The highest BCUT2D eigenvalue weighted by Gasteiger charge is 2.47. The molecule has 1 aliphatic rings. The van der Waals surface area contributed by atoms with Crippen molar-refractivity contribution in [3.63, 3.8) is 0 Å². The monoisotopic (exact) mass is 206 g/mol. The van der Waals surface area contributed by atoms with Crippen LogP contribution >= 0.6 is 0 Å². The van der Waals surface area contributed by atoms with Crippen LogP contribution in [0.15, 0.2) is 30.3 Å². The summed E-state index contributed by atoms with van der Waals surface area (Å²) in [7, 11) is 0. The summed E-state index contributed by atoms with van der Waals surface area (Å²) in [5, 5.41) is 8.91. The number of halogens is 1. The fourth-order valence-corrected chi connectivity index (χ4v) is 1.42. The number of carbonyl (C=O) groups is 1. The summed E-state index contributed by atoms with van der Waals surface area (Å²) in [6.45, 7) is 0. The van der Waals surface area contributed by atoms with Gasteiger partial charge in [0.05, 0.1) is 5.41 Å². The summed E-state index contributed by atoms with van der Waals surface area (Å²) < 4.78 is 12.6. The van der Waals surface area contributed by atoms with Gasteiger partial charge in [-0.05, 0) is 30.5 Å². The van der Waals surface area contributed by atoms with Crippen LogP contribution in [0.5, 0.6) is 0 Å². The predicted molar refractivity (Wildman–Crippen MR) is 54.7 cm³/mol. The number of aliphatic carboxylic acids is 1. The molecule has 15 heavy (non-hydrogen) atoms. The molecule has 0 atom stereocenters. The van der Waals surface area contributed by atoms with Gasteiger partial charge in [0.1, 0.15) is 5.82 Å².